The minimum absolute atomic E-state index is 0.0461. The second-order valence-electron chi connectivity index (χ2n) is 7.45. The molecule has 3 aliphatic rings. The summed E-state index contributed by atoms with van der Waals surface area (Å²) in [5.41, 5.74) is 0.928. The topological polar surface area (TPSA) is 105 Å². The number of thioether (sulfide) groups is 1. The van der Waals surface area contributed by atoms with E-state index in [0.717, 1.165) is 44.2 Å². The molecule has 0 saturated heterocycles. The maximum absolute atomic E-state index is 10.4. The highest BCUT2D eigenvalue weighted by molar-refractivity contribution is 8.02. The van der Waals surface area contributed by atoms with Crippen LogP contribution in [0.15, 0.2) is 11.1 Å². The van der Waals surface area contributed by atoms with E-state index in [0.29, 0.717) is 12.3 Å². The summed E-state index contributed by atoms with van der Waals surface area (Å²) in [6.07, 6.45) is 4.32. The summed E-state index contributed by atoms with van der Waals surface area (Å²) >= 11 is 1.59. The van der Waals surface area contributed by atoms with E-state index in [2.05, 4.69) is 10.6 Å². The van der Waals surface area contributed by atoms with Gasteiger partial charge in [-0.1, -0.05) is 11.8 Å². The standard InChI is InChI=1S/C17H30N2O4S/c20-8-10-1-3-11(4-2-10)16(23)19-17-18-14(9-24-17)13-6-5-12(21)7-15(13)22/h9-13,15-23H,1-8H2. The summed E-state index contributed by atoms with van der Waals surface area (Å²) in [4.78, 5) is 0. The highest BCUT2D eigenvalue weighted by atomic mass is 32.2. The molecule has 2 aliphatic carbocycles. The van der Waals surface area contributed by atoms with Crippen LogP contribution in [0.25, 0.3) is 0 Å². The van der Waals surface area contributed by atoms with Crippen LogP contribution >= 0.6 is 11.8 Å². The molecular weight excluding hydrogens is 328 g/mol. The van der Waals surface area contributed by atoms with Crippen molar-refractivity contribution >= 4 is 11.8 Å². The van der Waals surface area contributed by atoms with Gasteiger partial charge in [0, 0.05) is 18.2 Å². The Hall–Kier alpha value is -0.310. The summed E-state index contributed by atoms with van der Waals surface area (Å²) in [5, 5.41) is 48.1. The van der Waals surface area contributed by atoms with Gasteiger partial charge in [0.2, 0.25) is 0 Å². The summed E-state index contributed by atoms with van der Waals surface area (Å²) < 4.78 is 0. The Kier molecular flexibility index (Phi) is 6.45. The first-order chi connectivity index (χ1) is 11.6. The molecule has 0 radical (unpaired) electrons. The predicted molar refractivity (Wildman–Crippen MR) is 93.6 cm³/mol. The van der Waals surface area contributed by atoms with Crippen LogP contribution in [0.5, 0.6) is 0 Å². The van der Waals surface area contributed by atoms with Crippen molar-refractivity contribution in [1.82, 2.24) is 10.6 Å². The molecule has 2 fully saturated rings. The third-order valence-electron chi connectivity index (χ3n) is 5.74. The average molecular weight is 359 g/mol. The smallest absolute Gasteiger partial charge is 0.131 e. The molecule has 24 heavy (non-hydrogen) atoms. The molecule has 1 heterocycles. The molecule has 0 spiro atoms. The molecule has 0 bridgehead atoms. The minimum atomic E-state index is -0.555. The van der Waals surface area contributed by atoms with Gasteiger partial charge in [0.15, 0.2) is 0 Å². The fourth-order valence-electron chi connectivity index (χ4n) is 4.10. The van der Waals surface area contributed by atoms with Crippen molar-refractivity contribution in [2.24, 2.45) is 17.8 Å². The molecule has 0 aromatic carbocycles. The zero-order valence-corrected chi connectivity index (χ0v) is 14.8. The summed E-state index contributed by atoms with van der Waals surface area (Å²) in [7, 11) is 0. The Labute approximate surface area is 147 Å². The van der Waals surface area contributed by atoms with Gasteiger partial charge in [0.25, 0.3) is 0 Å². The lowest BCUT2D eigenvalue weighted by atomic mass is 9.81. The number of aliphatic hydroxyl groups excluding tert-OH is 4. The Bertz CT molecular complexity index is 442. The van der Waals surface area contributed by atoms with E-state index >= 15 is 0 Å². The number of hydrogen-bond acceptors (Lipinski definition) is 7. The average Bonchev–Trinajstić information content (AvgIpc) is 3.03. The van der Waals surface area contributed by atoms with E-state index in [4.69, 9.17) is 0 Å². The quantitative estimate of drug-likeness (QED) is 0.402. The normalized spacial score (nSPS) is 41.6. The predicted octanol–water partition coefficient (Wildman–Crippen LogP) is 0.676. The molecule has 2 saturated carbocycles. The van der Waals surface area contributed by atoms with Crippen LogP contribution in [-0.2, 0) is 0 Å². The van der Waals surface area contributed by atoms with Gasteiger partial charge in [0.1, 0.15) is 11.7 Å². The lowest BCUT2D eigenvalue weighted by molar-refractivity contribution is 0.00987. The van der Waals surface area contributed by atoms with E-state index in [-0.39, 0.29) is 23.9 Å². The van der Waals surface area contributed by atoms with Gasteiger partial charge < -0.3 is 25.7 Å². The zero-order chi connectivity index (χ0) is 17.1. The van der Waals surface area contributed by atoms with E-state index in [1.165, 1.54) is 0 Å². The zero-order valence-electron chi connectivity index (χ0n) is 14.0. The first-order valence-corrected chi connectivity index (χ1v) is 10.0. The maximum atomic E-state index is 10.4. The SMILES string of the molecule is OCC1CCC(C(O)NC2NC(C3CCC(O)CC3O)=CS2)CC1. The first kappa shape index (κ1) is 18.5. The molecule has 0 aromatic heterocycles. The Morgan fingerprint density at radius 1 is 1.17 bits per heavy atom. The molecule has 0 amide bonds. The van der Waals surface area contributed by atoms with Gasteiger partial charge in [-0.3, -0.25) is 5.32 Å². The number of hydrogen-bond donors (Lipinski definition) is 6. The van der Waals surface area contributed by atoms with Gasteiger partial charge in [0.05, 0.1) is 12.2 Å². The monoisotopic (exact) mass is 358 g/mol. The van der Waals surface area contributed by atoms with Crippen molar-refractivity contribution in [1.29, 1.82) is 0 Å². The molecule has 3 rings (SSSR count). The van der Waals surface area contributed by atoms with Crippen LogP contribution in [0.1, 0.15) is 44.9 Å². The fraction of sp³-hybridized carbons (Fsp3) is 0.882. The lowest BCUT2D eigenvalue weighted by Crippen LogP contribution is -2.48. The van der Waals surface area contributed by atoms with Gasteiger partial charge in [-0.25, -0.2) is 0 Å². The van der Waals surface area contributed by atoms with E-state index in [1.807, 2.05) is 5.41 Å². The van der Waals surface area contributed by atoms with Crippen LogP contribution < -0.4 is 10.6 Å². The van der Waals surface area contributed by atoms with Crippen molar-refractivity contribution in [3.05, 3.63) is 11.1 Å². The van der Waals surface area contributed by atoms with Crippen LogP contribution in [-0.4, -0.2) is 51.0 Å². The molecule has 138 valence electrons. The van der Waals surface area contributed by atoms with Crippen molar-refractivity contribution < 1.29 is 20.4 Å². The third kappa shape index (κ3) is 4.45. The summed E-state index contributed by atoms with van der Waals surface area (Å²) in [5.74, 6) is 0.670. The maximum Gasteiger partial charge on any atom is 0.131 e. The molecule has 6 N–H and O–H groups in total. The number of nitrogens with one attached hydrogen (secondary N) is 2. The van der Waals surface area contributed by atoms with Crippen molar-refractivity contribution in [3.63, 3.8) is 0 Å². The molecular formula is C17H30N2O4S. The van der Waals surface area contributed by atoms with E-state index in [1.54, 1.807) is 11.8 Å². The van der Waals surface area contributed by atoms with Gasteiger partial charge in [-0.05, 0) is 62.2 Å². The molecule has 7 heteroatoms. The Morgan fingerprint density at radius 3 is 2.58 bits per heavy atom. The third-order valence-corrected chi connectivity index (χ3v) is 6.65. The van der Waals surface area contributed by atoms with Crippen molar-refractivity contribution in [3.8, 4) is 0 Å². The van der Waals surface area contributed by atoms with Crippen LogP contribution in [0.3, 0.4) is 0 Å². The lowest BCUT2D eigenvalue weighted by Gasteiger charge is -2.34. The molecule has 1 aliphatic heterocycles. The van der Waals surface area contributed by atoms with Crippen molar-refractivity contribution in [2.75, 3.05) is 6.61 Å². The summed E-state index contributed by atoms with van der Waals surface area (Å²) in [6.45, 7) is 0.252. The molecule has 6 nitrogen and oxygen atoms in total. The molecule has 0 aromatic rings. The molecule has 5 unspecified atom stereocenters. The number of rotatable bonds is 5. The summed E-state index contributed by atoms with van der Waals surface area (Å²) in [6, 6.07) is 0. The molecule has 5 atom stereocenters. The van der Waals surface area contributed by atoms with E-state index < -0.39 is 18.4 Å². The number of aliphatic hydroxyl groups is 4. The van der Waals surface area contributed by atoms with E-state index in [9.17, 15) is 20.4 Å². The van der Waals surface area contributed by atoms with Crippen LogP contribution in [0, 0.1) is 17.8 Å². The fourth-order valence-corrected chi connectivity index (χ4v) is 5.05. The Morgan fingerprint density at radius 2 is 1.92 bits per heavy atom. The highest BCUT2D eigenvalue weighted by Gasteiger charge is 2.34. The second kappa shape index (κ2) is 8.38. The largest absolute Gasteiger partial charge is 0.396 e. The first-order valence-electron chi connectivity index (χ1n) is 9.10. The highest BCUT2D eigenvalue weighted by Crippen LogP contribution is 2.35. The minimum Gasteiger partial charge on any atom is -0.396 e. The Balaban J connectivity index is 1.44. The van der Waals surface area contributed by atoms with Crippen molar-refractivity contribution in [2.45, 2.75) is 68.9 Å². The van der Waals surface area contributed by atoms with Gasteiger partial charge >= 0.3 is 0 Å². The second-order valence-corrected chi connectivity index (χ2v) is 8.43. The van der Waals surface area contributed by atoms with Crippen LogP contribution in [0.4, 0.5) is 0 Å². The van der Waals surface area contributed by atoms with Gasteiger partial charge in [-0.2, -0.15) is 0 Å². The van der Waals surface area contributed by atoms with Gasteiger partial charge in [-0.15, -0.1) is 0 Å². The van der Waals surface area contributed by atoms with Crippen LogP contribution in [0.2, 0.25) is 0 Å².